The van der Waals surface area contributed by atoms with E-state index in [2.05, 4.69) is 56.2 Å². The number of hydrogen-bond donors (Lipinski definition) is 2. The average molecular weight is 464 g/mol. The third-order valence-electron chi connectivity index (χ3n) is 6.86. The molecule has 0 radical (unpaired) electrons. The van der Waals surface area contributed by atoms with Gasteiger partial charge in [0.2, 0.25) is 0 Å². The fourth-order valence-electron chi connectivity index (χ4n) is 5.03. The molecule has 5 rings (SSSR count). The largest absolute Gasteiger partial charge is 0.484 e. The molecule has 1 aromatic heterocycles. The molecule has 1 amide bonds. The fraction of sp³-hybridized carbons (Fsp3) is 0.462. The van der Waals surface area contributed by atoms with E-state index in [4.69, 9.17) is 4.74 Å². The maximum atomic E-state index is 12.3. The van der Waals surface area contributed by atoms with E-state index >= 15 is 0 Å². The van der Waals surface area contributed by atoms with Gasteiger partial charge in [0.15, 0.2) is 6.61 Å². The number of likely N-dealkylation sites (N-methyl/N-ethyl adjacent to an activating group) is 1. The van der Waals surface area contributed by atoms with Crippen LogP contribution in [-0.4, -0.2) is 83.1 Å². The van der Waals surface area contributed by atoms with Gasteiger partial charge in [-0.15, -0.1) is 0 Å². The first kappa shape index (κ1) is 22.8. The minimum atomic E-state index is -0.619. The Balaban J connectivity index is 1.07. The van der Waals surface area contributed by atoms with Crippen LogP contribution in [-0.2, 0) is 17.8 Å². The molecule has 0 saturated carbocycles. The first-order chi connectivity index (χ1) is 16.5. The molecule has 2 aliphatic heterocycles. The summed E-state index contributed by atoms with van der Waals surface area (Å²) in [5, 5.41) is 18.8. The minimum Gasteiger partial charge on any atom is -0.484 e. The highest BCUT2D eigenvalue weighted by Gasteiger charge is 2.23. The summed E-state index contributed by atoms with van der Waals surface area (Å²) in [6, 6.07) is 14.6. The van der Waals surface area contributed by atoms with Crippen LogP contribution in [0.25, 0.3) is 10.9 Å². The van der Waals surface area contributed by atoms with E-state index in [1.807, 2.05) is 24.4 Å². The zero-order valence-electron chi connectivity index (χ0n) is 19.7. The van der Waals surface area contributed by atoms with Crippen LogP contribution in [0, 0.1) is 0 Å². The summed E-state index contributed by atoms with van der Waals surface area (Å²) in [4.78, 5) is 16.8. The predicted molar refractivity (Wildman–Crippen MR) is 131 cm³/mol. The summed E-state index contributed by atoms with van der Waals surface area (Å²) in [5.41, 5.74) is 3.78. The summed E-state index contributed by atoms with van der Waals surface area (Å²) in [6.45, 7) is 4.50. The van der Waals surface area contributed by atoms with Crippen molar-refractivity contribution in [3.63, 3.8) is 0 Å². The van der Waals surface area contributed by atoms with Crippen LogP contribution >= 0.6 is 0 Å². The van der Waals surface area contributed by atoms with E-state index in [9.17, 15) is 9.90 Å². The highest BCUT2D eigenvalue weighted by Crippen LogP contribution is 2.27. The van der Waals surface area contributed by atoms with Gasteiger partial charge in [-0.3, -0.25) is 14.4 Å². The van der Waals surface area contributed by atoms with Gasteiger partial charge in [-0.25, -0.2) is 0 Å². The third kappa shape index (κ3) is 5.24. The molecule has 2 aliphatic rings. The molecule has 3 heterocycles. The van der Waals surface area contributed by atoms with E-state index in [0.29, 0.717) is 18.3 Å². The number of nitrogens with zero attached hydrogens (tertiary/aromatic N) is 4. The number of aliphatic hydroxyl groups excluding tert-OH is 1. The Kier molecular flexibility index (Phi) is 6.80. The average Bonchev–Trinajstić information content (AvgIpc) is 3.47. The zero-order valence-corrected chi connectivity index (χ0v) is 19.7. The third-order valence-corrected chi connectivity index (χ3v) is 6.86. The van der Waals surface area contributed by atoms with Gasteiger partial charge in [0.05, 0.1) is 23.9 Å². The summed E-state index contributed by atoms with van der Waals surface area (Å²) in [5.74, 6) is 0.395. The second-order valence-corrected chi connectivity index (χ2v) is 9.51. The number of amides is 1. The summed E-state index contributed by atoms with van der Waals surface area (Å²) >= 11 is 0. The minimum absolute atomic E-state index is 0.0864. The van der Waals surface area contributed by atoms with Gasteiger partial charge in [-0.1, -0.05) is 24.3 Å². The number of fused-ring (bicyclic) bond motifs is 2. The van der Waals surface area contributed by atoms with Gasteiger partial charge in [-0.2, -0.15) is 5.10 Å². The Morgan fingerprint density at radius 2 is 2.09 bits per heavy atom. The number of hydrogen-bond acceptors (Lipinski definition) is 6. The molecular formula is C26H33N5O3. The Morgan fingerprint density at radius 1 is 1.24 bits per heavy atom. The van der Waals surface area contributed by atoms with Crippen molar-refractivity contribution in [1.82, 2.24) is 24.9 Å². The first-order valence-corrected chi connectivity index (χ1v) is 12.1. The van der Waals surface area contributed by atoms with Gasteiger partial charge in [-0.05, 0) is 55.8 Å². The second-order valence-electron chi connectivity index (χ2n) is 9.51. The molecule has 2 unspecified atom stereocenters. The Labute approximate surface area is 200 Å². The lowest BCUT2D eigenvalue weighted by molar-refractivity contribution is -0.123. The normalized spacial score (nSPS) is 19.8. The summed E-state index contributed by atoms with van der Waals surface area (Å²) in [6.07, 6.45) is 3.33. The van der Waals surface area contributed by atoms with Crippen LogP contribution in [0.2, 0.25) is 0 Å². The van der Waals surface area contributed by atoms with Crippen molar-refractivity contribution in [3.8, 4) is 5.75 Å². The monoisotopic (exact) mass is 463 g/mol. The topological polar surface area (TPSA) is 82.9 Å². The maximum Gasteiger partial charge on any atom is 0.258 e. The molecule has 1 saturated heterocycles. The maximum absolute atomic E-state index is 12.3. The molecule has 2 aromatic carbocycles. The van der Waals surface area contributed by atoms with Crippen LogP contribution in [0.5, 0.6) is 5.75 Å². The van der Waals surface area contributed by atoms with Gasteiger partial charge in [0.1, 0.15) is 5.75 Å². The lowest BCUT2D eigenvalue weighted by Crippen LogP contribution is -2.42. The summed E-state index contributed by atoms with van der Waals surface area (Å²) < 4.78 is 7.79. The van der Waals surface area contributed by atoms with Crippen LogP contribution in [0.4, 0.5) is 0 Å². The molecule has 180 valence electrons. The molecule has 2 atom stereocenters. The molecule has 0 spiro atoms. The molecular weight excluding hydrogens is 430 g/mol. The fourth-order valence-corrected chi connectivity index (χ4v) is 5.03. The number of rotatable bonds is 8. The molecule has 1 fully saturated rings. The lowest BCUT2D eigenvalue weighted by Gasteiger charge is -2.30. The van der Waals surface area contributed by atoms with Crippen molar-refractivity contribution in [3.05, 3.63) is 59.8 Å². The number of benzene rings is 2. The first-order valence-electron chi connectivity index (χ1n) is 12.1. The number of nitrogens with one attached hydrogen (secondary N) is 1. The van der Waals surface area contributed by atoms with Gasteiger partial charge < -0.3 is 20.1 Å². The predicted octanol–water partition coefficient (Wildman–Crippen LogP) is 1.83. The van der Waals surface area contributed by atoms with Crippen LogP contribution in [0.3, 0.4) is 0 Å². The van der Waals surface area contributed by atoms with Crippen LogP contribution < -0.4 is 10.1 Å². The highest BCUT2D eigenvalue weighted by atomic mass is 16.5. The van der Waals surface area contributed by atoms with Crippen molar-refractivity contribution in [2.24, 2.45) is 0 Å². The number of β-amino-alcohol motifs (C(OH)–C–C–N with tert-alkyl or cyclic N) is 1. The number of likely N-dealkylation sites (tertiary alicyclic amines) is 1. The van der Waals surface area contributed by atoms with E-state index in [-0.39, 0.29) is 19.1 Å². The van der Waals surface area contributed by atoms with Crippen molar-refractivity contribution >= 4 is 16.8 Å². The van der Waals surface area contributed by atoms with Crippen molar-refractivity contribution < 1.29 is 14.6 Å². The van der Waals surface area contributed by atoms with Gasteiger partial charge in [0.25, 0.3) is 5.91 Å². The van der Waals surface area contributed by atoms with E-state index < -0.39 is 6.10 Å². The smallest absolute Gasteiger partial charge is 0.258 e. The van der Waals surface area contributed by atoms with Crippen molar-refractivity contribution in [2.45, 2.75) is 31.5 Å². The van der Waals surface area contributed by atoms with E-state index in [1.165, 1.54) is 11.1 Å². The molecule has 0 bridgehead atoms. The van der Waals surface area contributed by atoms with Gasteiger partial charge >= 0.3 is 0 Å². The van der Waals surface area contributed by atoms with E-state index in [0.717, 1.165) is 49.9 Å². The molecule has 8 nitrogen and oxygen atoms in total. The quantitative estimate of drug-likeness (QED) is 0.530. The number of carbonyl (C=O) groups excluding carboxylic acids is 1. The molecule has 2 N–H and O–H groups in total. The second kappa shape index (κ2) is 10.1. The van der Waals surface area contributed by atoms with Crippen molar-refractivity contribution in [2.75, 3.05) is 46.4 Å². The Morgan fingerprint density at radius 3 is 2.91 bits per heavy atom. The number of aromatic nitrogens is 2. The zero-order chi connectivity index (χ0) is 23.5. The number of carbonyl (C=O) groups is 1. The van der Waals surface area contributed by atoms with Crippen LogP contribution in [0.1, 0.15) is 23.6 Å². The molecule has 3 aromatic rings. The Hall–Kier alpha value is -2.94. The number of ether oxygens (including phenoxy) is 1. The molecule has 34 heavy (non-hydrogen) atoms. The molecule has 8 heteroatoms. The number of aliphatic hydroxyl groups is 1. The molecule has 0 aliphatic carbocycles. The summed E-state index contributed by atoms with van der Waals surface area (Å²) in [7, 11) is 2.13. The standard InChI is InChI=1S/C26H33N5O3/c1-29-10-9-22(16-29)31-25-7-6-24(12-21(25)13-28-31)34-18-26(33)27-14-23(32)17-30-11-8-19-4-2-3-5-20(19)15-30/h2-7,12-13,22-23,32H,8-11,14-18H2,1H3,(H,27,33). The highest BCUT2D eigenvalue weighted by molar-refractivity contribution is 5.81. The van der Waals surface area contributed by atoms with Crippen LogP contribution in [0.15, 0.2) is 48.7 Å². The van der Waals surface area contributed by atoms with Gasteiger partial charge in [0, 0.05) is 38.1 Å². The van der Waals surface area contributed by atoms with Crippen molar-refractivity contribution in [1.29, 1.82) is 0 Å². The lowest BCUT2D eigenvalue weighted by atomic mass is 10.00. The Bertz CT molecular complexity index is 1150. The SMILES string of the molecule is CN1CCC(n2ncc3cc(OCC(=O)NCC(O)CN4CCc5ccccc5C4)ccc32)C1. The van der Waals surface area contributed by atoms with E-state index in [1.54, 1.807) is 0 Å².